The van der Waals surface area contributed by atoms with Crippen molar-refractivity contribution in [3.05, 3.63) is 94.6 Å². The summed E-state index contributed by atoms with van der Waals surface area (Å²) in [5.74, 6) is -0.0461. The Morgan fingerprint density at radius 3 is 2.59 bits per heavy atom. The van der Waals surface area contributed by atoms with Crippen molar-refractivity contribution in [3.8, 4) is 28.4 Å². The number of aromatic nitrogens is 2. The number of phenols is 1. The van der Waals surface area contributed by atoms with Gasteiger partial charge in [-0.1, -0.05) is 46.3 Å². The zero-order valence-electron chi connectivity index (χ0n) is 17.1. The molecule has 0 saturated carbocycles. The molecular formula is C24H19BrN4O3. The van der Waals surface area contributed by atoms with Crippen LogP contribution < -0.4 is 10.2 Å². The van der Waals surface area contributed by atoms with Crippen LogP contribution >= 0.6 is 15.9 Å². The van der Waals surface area contributed by atoms with Crippen LogP contribution in [0.2, 0.25) is 0 Å². The second kappa shape index (κ2) is 9.49. The predicted octanol–water partition coefficient (Wildman–Crippen LogP) is 4.78. The summed E-state index contributed by atoms with van der Waals surface area (Å²) in [6, 6.07) is 21.9. The van der Waals surface area contributed by atoms with Crippen LogP contribution in [0.1, 0.15) is 15.9 Å². The molecule has 0 saturated heterocycles. The fourth-order valence-electron chi connectivity index (χ4n) is 3.07. The van der Waals surface area contributed by atoms with E-state index < -0.39 is 5.91 Å². The van der Waals surface area contributed by atoms with Crippen molar-refractivity contribution in [1.82, 2.24) is 15.2 Å². The molecule has 32 heavy (non-hydrogen) atoms. The number of hydrazone groups is 1. The molecule has 0 unspecified atom stereocenters. The summed E-state index contributed by atoms with van der Waals surface area (Å²) in [4.78, 5) is 13.0. The summed E-state index contributed by atoms with van der Waals surface area (Å²) in [6.07, 6.45) is 3.15. The number of hydrogen-bond acceptors (Lipinski definition) is 5. The molecule has 1 aromatic heterocycles. The first kappa shape index (κ1) is 21.3. The van der Waals surface area contributed by atoms with Gasteiger partial charge < -0.3 is 9.84 Å². The standard InChI is InChI=1S/C24H19BrN4O3/c1-32-22-13-16(7-12-21(22)30)14-26-27-24(31)20-15-29(19-5-3-2-4-6-19)28-23(20)17-8-10-18(25)11-9-17/h2-15,30H,1H3,(H,27,31)/b26-14+. The minimum absolute atomic E-state index is 0.0288. The van der Waals surface area contributed by atoms with Crippen LogP contribution in [0.3, 0.4) is 0 Å². The van der Waals surface area contributed by atoms with Crippen molar-refractivity contribution in [2.45, 2.75) is 0 Å². The lowest BCUT2D eigenvalue weighted by atomic mass is 10.1. The molecule has 1 amide bonds. The smallest absolute Gasteiger partial charge is 0.275 e. The molecule has 2 N–H and O–H groups in total. The lowest BCUT2D eigenvalue weighted by Gasteiger charge is -2.04. The molecule has 0 aliphatic heterocycles. The zero-order valence-corrected chi connectivity index (χ0v) is 18.7. The van der Waals surface area contributed by atoms with E-state index in [1.54, 1.807) is 23.0 Å². The van der Waals surface area contributed by atoms with E-state index in [1.165, 1.54) is 19.4 Å². The van der Waals surface area contributed by atoms with Gasteiger partial charge in [-0.2, -0.15) is 10.2 Å². The van der Waals surface area contributed by atoms with Crippen LogP contribution in [-0.4, -0.2) is 34.1 Å². The lowest BCUT2D eigenvalue weighted by molar-refractivity contribution is 0.0955. The Bertz CT molecular complexity index is 1270. The average Bonchev–Trinajstić information content (AvgIpc) is 3.27. The Labute approximate surface area is 193 Å². The Hall–Kier alpha value is -3.91. The molecule has 0 aliphatic carbocycles. The van der Waals surface area contributed by atoms with Crippen molar-refractivity contribution in [2.75, 3.05) is 7.11 Å². The summed E-state index contributed by atoms with van der Waals surface area (Å²) in [7, 11) is 1.46. The van der Waals surface area contributed by atoms with Gasteiger partial charge >= 0.3 is 0 Å². The molecule has 1 heterocycles. The topological polar surface area (TPSA) is 88.7 Å². The van der Waals surface area contributed by atoms with Gasteiger partial charge in [0.2, 0.25) is 0 Å². The Balaban J connectivity index is 1.63. The monoisotopic (exact) mass is 490 g/mol. The second-order valence-corrected chi connectivity index (χ2v) is 7.72. The third kappa shape index (κ3) is 4.70. The number of phenolic OH excluding ortho intramolecular Hbond substituents is 1. The van der Waals surface area contributed by atoms with Gasteiger partial charge in [-0.3, -0.25) is 4.79 Å². The van der Waals surface area contributed by atoms with Crippen LogP contribution in [0, 0.1) is 0 Å². The Morgan fingerprint density at radius 1 is 1.12 bits per heavy atom. The van der Waals surface area contributed by atoms with E-state index in [1.807, 2.05) is 54.6 Å². The highest BCUT2D eigenvalue weighted by Gasteiger charge is 2.18. The summed E-state index contributed by atoms with van der Waals surface area (Å²) in [5.41, 5.74) is 5.78. The van der Waals surface area contributed by atoms with Crippen LogP contribution in [-0.2, 0) is 0 Å². The summed E-state index contributed by atoms with van der Waals surface area (Å²) in [5, 5.41) is 18.4. The number of hydrogen-bond donors (Lipinski definition) is 2. The first-order valence-electron chi connectivity index (χ1n) is 9.66. The Morgan fingerprint density at radius 2 is 1.88 bits per heavy atom. The molecule has 0 fully saturated rings. The maximum Gasteiger partial charge on any atom is 0.275 e. The Kier molecular flexibility index (Phi) is 6.32. The minimum atomic E-state index is -0.396. The lowest BCUT2D eigenvalue weighted by Crippen LogP contribution is -2.18. The fraction of sp³-hybridized carbons (Fsp3) is 0.0417. The third-order valence-electron chi connectivity index (χ3n) is 4.68. The van der Waals surface area contributed by atoms with Crippen LogP contribution in [0.15, 0.2) is 88.6 Å². The number of amides is 1. The van der Waals surface area contributed by atoms with Gasteiger partial charge in [-0.05, 0) is 48.0 Å². The number of nitrogens with zero attached hydrogens (tertiary/aromatic N) is 3. The van der Waals surface area contributed by atoms with Crippen molar-refractivity contribution >= 4 is 28.1 Å². The van der Waals surface area contributed by atoms with Crippen LogP contribution in [0.4, 0.5) is 0 Å². The number of rotatable bonds is 6. The summed E-state index contributed by atoms with van der Waals surface area (Å²) in [6.45, 7) is 0. The summed E-state index contributed by atoms with van der Waals surface area (Å²) >= 11 is 3.43. The number of halogens is 1. The fourth-order valence-corrected chi connectivity index (χ4v) is 3.34. The maximum atomic E-state index is 13.0. The van der Waals surface area contributed by atoms with E-state index in [0.717, 1.165) is 15.7 Å². The molecular weight excluding hydrogens is 472 g/mol. The highest BCUT2D eigenvalue weighted by atomic mass is 79.9. The molecule has 0 bridgehead atoms. The van der Waals surface area contributed by atoms with Crippen LogP contribution in [0.5, 0.6) is 11.5 Å². The molecule has 0 aliphatic rings. The van der Waals surface area contributed by atoms with Crippen LogP contribution in [0.25, 0.3) is 16.9 Å². The van der Waals surface area contributed by atoms with Gasteiger partial charge in [0.25, 0.3) is 5.91 Å². The van der Waals surface area contributed by atoms with E-state index in [9.17, 15) is 9.90 Å². The molecule has 4 rings (SSSR count). The molecule has 0 atom stereocenters. The first-order valence-corrected chi connectivity index (χ1v) is 10.5. The van der Waals surface area contributed by atoms with E-state index in [4.69, 9.17) is 4.74 Å². The number of ether oxygens (including phenoxy) is 1. The highest BCUT2D eigenvalue weighted by molar-refractivity contribution is 9.10. The van der Waals surface area contributed by atoms with Crippen molar-refractivity contribution < 1.29 is 14.6 Å². The number of carbonyl (C=O) groups excluding carboxylic acids is 1. The molecule has 8 heteroatoms. The van der Waals surface area contributed by atoms with Gasteiger partial charge in [0.15, 0.2) is 11.5 Å². The molecule has 4 aromatic rings. The number of aromatic hydroxyl groups is 1. The summed E-state index contributed by atoms with van der Waals surface area (Å²) < 4.78 is 7.69. The zero-order chi connectivity index (χ0) is 22.5. The van der Waals surface area contributed by atoms with Crippen molar-refractivity contribution in [2.24, 2.45) is 5.10 Å². The number of carbonyl (C=O) groups is 1. The second-order valence-electron chi connectivity index (χ2n) is 6.81. The SMILES string of the molecule is COc1cc(/C=N/NC(=O)c2cn(-c3ccccc3)nc2-c2ccc(Br)cc2)ccc1O. The van der Waals surface area contributed by atoms with Gasteiger partial charge in [-0.15, -0.1) is 0 Å². The largest absolute Gasteiger partial charge is 0.504 e. The first-order chi connectivity index (χ1) is 15.5. The van der Waals surface area contributed by atoms with E-state index in [0.29, 0.717) is 22.6 Å². The van der Waals surface area contributed by atoms with Gasteiger partial charge in [0.05, 0.1) is 24.6 Å². The quantitative estimate of drug-likeness (QED) is 0.300. The average molecular weight is 491 g/mol. The molecule has 0 radical (unpaired) electrons. The molecule has 0 spiro atoms. The molecule has 3 aromatic carbocycles. The number of benzene rings is 3. The number of nitrogens with one attached hydrogen (secondary N) is 1. The maximum absolute atomic E-state index is 13.0. The molecule has 160 valence electrons. The van der Waals surface area contributed by atoms with Gasteiger partial charge in [0, 0.05) is 16.2 Å². The third-order valence-corrected chi connectivity index (χ3v) is 5.21. The molecule has 7 nitrogen and oxygen atoms in total. The minimum Gasteiger partial charge on any atom is -0.504 e. The van der Waals surface area contributed by atoms with Gasteiger partial charge in [0.1, 0.15) is 5.69 Å². The van der Waals surface area contributed by atoms with Crippen molar-refractivity contribution in [3.63, 3.8) is 0 Å². The predicted molar refractivity (Wildman–Crippen MR) is 126 cm³/mol. The van der Waals surface area contributed by atoms with Gasteiger partial charge in [-0.25, -0.2) is 10.1 Å². The van der Waals surface area contributed by atoms with E-state index in [-0.39, 0.29) is 5.75 Å². The van der Waals surface area contributed by atoms with E-state index >= 15 is 0 Å². The van der Waals surface area contributed by atoms with E-state index in [2.05, 4.69) is 31.6 Å². The number of methoxy groups -OCH3 is 1. The van der Waals surface area contributed by atoms with Crippen molar-refractivity contribution in [1.29, 1.82) is 0 Å². The highest BCUT2D eigenvalue weighted by Crippen LogP contribution is 2.26. The number of para-hydroxylation sites is 1. The normalized spacial score (nSPS) is 10.9.